The van der Waals surface area contributed by atoms with E-state index in [0.29, 0.717) is 18.5 Å². The second-order valence-corrected chi connectivity index (χ2v) is 5.08. The number of hydrogen-bond donors (Lipinski definition) is 2. The molecule has 0 spiro atoms. The van der Waals surface area contributed by atoms with Gasteiger partial charge in [-0.2, -0.15) is 0 Å². The molecule has 0 atom stereocenters. The van der Waals surface area contributed by atoms with Gasteiger partial charge in [0.05, 0.1) is 0 Å². The zero-order valence-electron chi connectivity index (χ0n) is 12.1. The number of rotatable bonds is 4. The summed E-state index contributed by atoms with van der Waals surface area (Å²) >= 11 is 0. The number of halogens is 1. The number of aromatic hydroxyl groups is 1. The molecular formula is C17H18FNO2. The molecule has 4 heteroatoms. The van der Waals surface area contributed by atoms with Crippen LogP contribution in [0.2, 0.25) is 0 Å². The molecular weight excluding hydrogens is 269 g/mol. The number of aryl methyl sites for hydroxylation is 2. The lowest BCUT2D eigenvalue weighted by molar-refractivity contribution is 0.0953. The van der Waals surface area contributed by atoms with Crippen LogP contribution in [0.1, 0.15) is 27.0 Å². The van der Waals surface area contributed by atoms with Gasteiger partial charge in [0.15, 0.2) is 0 Å². The largest absolute Gasteiger partial charge is 0.508 e. The van der Waals surface area contributed by atoms with E-state index in [2.05, 4.69) is 5.32 Å². The molecule has 1 amide bonds. The van der Waals surface area contributed by atoms with E-state index in [1.54, 1.807) is 25.1 Å². The minimum atomic E-state index is -0.254. The van der Waals surface area contributed by atoms with Gasteiger partial charge in [0.25, 0.3) is 5.91 Å². The number of nitrogens with one attached hydrogen (secondary N) is 1. The molecule has 0 aliphatic rings. The number of carbonyl (C=O) groups is 1. The Kier molecular flexibility index (Phi) is 4.58. The van der Waals surface area contributed by atoms with E-state index in [-0.39, 0.29) is 17.5 Å². The van der Waals surface area contributed by atoms with Crippen LogP contribution < -0.4 is 5.32 Å². The van der Waals surface area contributed by atoms with Crippen molar-refractivity contribution in [1.29, 1.82) is 0 Å². The molecule has 0 bridgehead atoms. The van der Waals surface area contributed by atoms with Gasteiger partial charge in [0.1, 0.15) is 11.6 Å². The quantitative estimate of drug-likeness (QED) is 0.907. The highest BCUT2D eigenvalue weighted by Gasteiger charge is 2.07. The van der Waals surface area contributed by atoms with Crippen LogP contribution >= 0.6 is 0 Å². The van der Waals surface area contributed by atoms with Crippen molar-refractivity contribution in [3.05, 3.63) is 64.5 Å². The SMILES string of the molecule is Cc1ccc(C(=O)NCCc2ccc(F)cc2C)cc1O. The summed E-state index contributed by atoms with van der Waals surface area (Å²) in [6.07, 6.45) is 0.635. The number of phenolic OH excluding ortho intramolecular Hbond substituents is 1. The van der Waals surface area contributed by atoms with Crippen molar-refractivity contribution in [3.63, 3.8) is 0 Å². The summed E-state index contributed by atoms with van der Waals surface area (Å²) in [4.78, 5) is 12.0. The summed E-state index contributed by atoms with van der Waals surface area (Å²) in [5.74, 6) is -0.377. The standard InChI is InChI=1S/C17H18FNO2/c1-11-3-4-14(10-16(11)20)17(21)19-8-7-13-5-6-15(18)9-12(13)2/h3-6,9-10,20H,7-8H2,1-2H3,(H,19,21). The minimum absolute atomic E-state index is 0.108. The first-order valence-electron chi connectivity index (χ1n) is 6.80. The van der Waals surface area contributed by atoms with Gasteiger partial charge in [0.2, 0.25) is 0 Å². The molecule has 0 aliphatic carbocycles. The molecule has 110 valence electrons. The molecule has 2 rings (SSSR count). The van der Waals surface area contributed by atoms with Gasteiger partial charge in [-0.25, -0.2) is 4.39 Å². The normalized spacial score (nSPS) is 10.4. The molecule has 0 aliphatic heterocycles. The third-order valence-corrected chi connectivity index (χ3v) is 3.46. The number of benzene rings is 2. The molecule has 0 unspecified atom stereocenters. The lowest BCUT2D eigenvalue weighted by Crippen LogP contribution is -2.25. The Morgan fingerprint density at radius 2 is 1.90 bits per heavy atom. The maximum Gasteiger partial charge on any atom is 0.251 e. The van der Waals surface area contributed by atoms with Crippen LogP contribution in [-0.4, -0.2) is 17.6 Å². The lowest BCUT2D eigenvalue weighted by atomic mass is 10.1. The summed E-state index contributed by atoms with van der Waals surface area (Å²) in [5.41, 5.74) is 3.03. The van der Waals surface area contributed by atoms with Crippen molar-refractivity contribution in [3.8, 4) is 5.75 Å². The predicted octanol–water partition coefficient (Wildman–Crippen LogP) is 3.12. The average molecular weight is 287 g/mol. The maximum absolute atomic E-state index is 13.0. The van der Waals surface area contributed by atoms with E-state index in [1.807, 2.05) is 6.92 Å². The fraction of sp³-hybridized carbons (Fsp3) is 0.235. The Morgan fingerprint density at radius 1 is 1.14 bits per heavy atom. The number of hydrogen-bond acceptors (Lipinski definition) is 2. The van der Waals surface area contributed by atoms with Crippen molar-refractivity contribution in [2.75, 3.05) is 6.54 Å². The van der Waals surface area contributed by atoms with Crippen LogP contribution in [0, 0.1) is 19.7 Å². The molecule has 2 N–H and O–H groups in total. The molecule has 0 heterocycles. The van der Waals surface area contributed by atoms with Gasteiger partial charge >= 0.3 is 0 Å². The summed E-state index contributed by atoms with van der Waals surface area (Å²) in [6.45, 7) is 4.08. The highest BCUT2D eigenvalue weighted by atomic mass is 19.1. The third-order valence-electron chi connectivity index (χ3n) is 3.46. The van der Waals surface area contributed by atoms with E-state index < -0.39 is 0 Å². The van der Waals surface area contributed by atoms with Crippen LogP contribution in [0.5, 0.6) is 5.75 Å². The van der Waals surface area contributed by atoms with Gasteiger partial charge in [-0.3, -0.25) is 4.79 Å². The molecule has 0 saturated heterocycles. The fourth-order valence-corrected chi connectivity index (χ4v) is 2.10. The Morgan fingerprint density at radius 3 is 2.57 bits per heavy atom. The Bertz CT molecular complexity index is 668. The first-order chi connectivity index (χ1) is 9.97. The average Bonchev–Trinajstić information content (AvgIpc) is 2.44. The number of phenols is 1. The fourth-order valence-electron chi connectivity index (χ4n) is 2.10. The molecule has 2 aromatic rings. The second-order valence-electron chi connectivity index (χ2n) is 5.08. The molecule has 0 saturated carbocycles. The van der Waals surface area contributed by atoms with Gasteiger partial charge < -0.3 is 10.4 Å². The van der Waals surface area contributed by atoms with Crippen molar-refractivity contribution in [2.45, 2.75) is 20.3 Å². The lowest BCUT2D eigenvalue weighted by Gasteiger charge is -2.08. The Hall–Kier alpha value is -2.36. The first kappa shape index (κ1) is 15.0. The van der Waals surface area contributed by atoms with E-state index in [9.17, 15) is 14.3 Å². The highest BCUT2D eigenvalue weighted by Crippen LogP contribution is 2.17. The zero-order valence-corrected chi connectivity index (χ0v) is 12.1. The topological polar surface area (TPSA) is 49.3 Å². The molecule has 0 aromatic heterocycles. The van der Waals surface area contributed by atoms with Crippen molar-refractivity contribution < 1.29 is 14.3 Å². The highest BCUT2D eigenvalue weighted by molar-refractivity contribution is 5.94. The van der Waals surface area contributed by atoms with Crippen LogP contribution in [0.25, 0.3) is 0 Å². The second kappa shape index (κ2) is 6.39. The van der Waals surface area contributed by atoms with Crippen LogP contribution in [0.3, 0.4) is 0 Å². The van der Waals surface area contributed by atoms with E-state index in [4.69, 9.17) is 0 Å². The monoisotopic (exact) mass is 287 g/mol. The van der Waals surface area contributed by atoms with Gasteiger partial charge in [-0.1, -0.05) is 12.1 Å². The summed E-state index contributed by atoms with van der Waals surface area (Å²) in [6, 6.07) is 9.46. The van der Waals surface area contributed by atoms with Crippen LogP contribution in [-0.2, 0) is 6.42 Å². The first-order valence-corrected chi connectivity index (χ1v) is 6.80. The zero-order chi connectivity index (χ0) is 15.4. The summed E-state index contributed by atoms with van der Waals surface area (Å²) in [5, 5.41) is 12.4. The van der Waals surface area contributed by atoms with Crippen molar-refractivity contribution in [2.24, 2.45) is 0 Å². The maximum atomic E-state index is 13.0. The van der Waals surface area contributed by atoms with E-state index >= 15 is 0 Å². The number of amides is 1. The molecule has 2 aromatic carbocycles. The summed E-state index contributed by atoms with van der Waals surface area (Å²) in [7, 11) is 0. The molecule has 0 radical (unpaired) electrons. The van der Waals surface area contributed by atoms with Crippen molar-refractivity contribution >= 4 is 5.91 Å². The Labute approximate surface area is 123 Å². The van der Waals surface area contributed by atoms with Crippen molar-refractivity contribution in [1.82, 2.24) is 5.32 Å². The smallest absolute Gasteiger partial charge is 0.251 e. The third kappa shape index (κ3) is 3.81. The van der Waals surface area contributed by atoms with E-state index in [1.165, 1.54) is 18.2 Å². The van der Waals surface area contributed by atoms with Gasteiger partial charge in [-0.15, -0.1) is 0 Å². The number of carbonyl (C=O) groups excluding carboxylic acids is 1. The minimum Gasteiger partial charge on any atom is -0.508 e. The van der Waals surface area contributed by atoms with Gasteiger partial charge in [-0.05, 0) is 61.2 Å². The van der Waals surface area contributed by atoms with Gasteiger partial charge in [0, 0.05) is 12.1 Å². The summed E-state index contributed by atoms with van der Waals surface area (Å²) < 4.78 is 13.0. The Balaban J connectivity index is 1.93. The van der Waals surface area contributed by atoms with Crippen LogP contribution in [0.4, 0.5) is 4.39 Å². The molecule has 3 nitrogen and oxygen atoms in total. The molecule has 21 heavy (non-hydrogen) atoms. The van der Waals surface area contributed by atoms with E-state index in [0.717, 1.165) is 16.7 Å². The predicted molar refractivity (Wildman–Crippen MR) is 80.0 cm³/mol. The van der Waals surface area contributed by atoms with Crippen LogP contribution in [0.15, 0.2) is 36.4 Å². The molecule has 0 fully saturated rings.